The van der Waals surface area contributed by atoms with Gasteiger partial charge in [0, 0.05) is 25.2 Å². The third kappa shape index (κ3) is 3.19. The van der Waals surface area contributed by atoms with Crippen LogP contribution in [0.2, 0.25) is 0 Å². The highest BCUT2D eigenvalue weighted by molar-refractivity contribution is 5.92. The maximum Gasteiger partial charge on any atom is 0.289 e. The summed E-state index contributed by atoms with van der Waals surface area (Å²) in [6, 6.07) is 3.40. The number of amides is 2. The number of hydrogen-bond acceptors (Lipinski definition) is 6. The van der Waals surface area contributed by atoms with Crippen molar-refractivity contribution >= 4 is 11.8 Å². The minimum absolute atomic E-state index is 0.101. The van der Waals surface area contributed by atoms with Crippen molar-refractivity contribution in [1.29, 1.82) is 0 Å². The van der Waals surface area contributed by atoms with Crippen molar-refractivity contribution in [2.24, 2.45) is 0 Å². The molecule has 4 heterocycles. The highest BCUT2D eigenvalue weighted by Gasteiger charge is 2.47. The Labute approximate surface area is 163 Å². The molecule has 150 valence electrons. The van der Waals surface area contributed by atoms with Gasteiger partial charge < -0.3 is 19.2 Å². The summed E-state index contributed by atoms with van der Waals surface area (Å²) >= 11 is 0. The number of carbonyl (C=O) groups excluding carboxylic acids is 2. The van der Waals surface area contributed by atoms with Crippen molar-refractivity contribution in [2.45, 2.75) is 51.4 Å². The molecule has 0 unspecified atom stereocenters. The second kappa shape index (κ2) is 6.44. The number of carbonyl (C=O) groups is 2. The zero-order valence-corrected chi connectivity index (χ0v) is 16.7. The standard InChI is InChI=1S/C19H26N6O3/c1-18(2,3)20-16(26)15-22-21-14-10-23(4)19(12-25(14)15)7-8-24(11-19)17(27)13-6-5-9-28-13/h5-6,9H,7-8,10-12H2,1-4H3,(H,20,26)/t19-/m0/s1. The number of hydrogen-bond donors (Lipinski definition) is 1. The van der Waals surface area contributed by atoms with Crippen LogP contribution in [0.1, 0.15) is 54.2 Å². The summed E-state index contributed by atoms with van der Waals surface area (Å²) < 4.78 is 7.17. The molecule has 2 aromatic heterocycles. The van der Waals surface area contributed by atoms with Gasteiger partial charge in [0.05, 0.1) is 18.3 Å². The second-order valence-corrected chi connectivity index (χ2v) is 8.76. The largest absolute Gasteiger partial charge is 0.459 e. The smallest absolute Gasteiger partial charge is 0.289 e. The summed E-state index contributed by atoms with van der Waals surface area (Å²) in [7, 11) is 2.04. The molecule has 0 bridgehead atoms. The molecule has 9 heteroatoms. The van der Waals surface area contributed by atoms with E-state index in [2.05, 4.69) is 20.4 Å². The topological polar surface area (TPSA) is 96.5 Å². The summed E-state index contributed by atoms with van der Waals surface area (Å²) in [5.74, 6) is 1.12. The Balaban J connectivity index is 1.57. The van der Waals surface area contributed by atoms with Crippen molar-refractivity contribution in [3.63, 3.8) is 0 Å². The van der Waals surface area contributed by atoms with Crippen molar-refractivity contribution < 1.29 is 14.0 Å². The molecule has 2 aromatic rings. The lowest BCUT2D eigenvalue weighted by Crippen LogP contribution is -2.55. The average molecular weight is 386 g/mol. The Kier molecular flexibility index (Phi) is 4.29. The average Bonchev–Trinajstić information content (AvgIpc) is 3.33. The van der Waals surface area contributed by atoms with Crippen molar-refractivity contribution in [3.05, 3.63) is 35.8 Å². The van der Waals surface area contributed by atoms with Crippen LogP contribution in [0.15, 0.2) is 22.8 Å². The van der Waals surface area contributed by atoms with Crippen LogP contribution in [0.3, 0.4) is 0 Å². The maximum absolute atomic E-state index is 12.7. The van der Waals surface area contributed by atoms with Crippen molar-refractivity contribution in [3.8, 4) is 0 Å². The highest BCUT2D eigenvalue weighted by Crippen LogP contribution is 2.34. The molecule has 9 nitrogen and oxygen atoms in total. The quantitative estimate of drug-likeness (QED) is 0.831. The first-order valence-electron chi connectivity index (χ1n) is 9.47. The molecule has 2 amide bonds. The van der Waals surface area contributed by atoms with Gasteiger partial charge in [-0.1, -0.05) is 0 Å². The van der Waals surface area contributed by atoms with E-state index in [0.717, 1.165) is 12.2 Å². The van der Waals surface area contributed by atoms with E-state index in [1.165, 1.54) is 6.26 Å². The van der Waals surface area contributed by atoms with Crippen molar-refractivity contribution in [2.75, 3.05) is 20.1 Å². The Morgan fingerprint density at radius 1 is 1.25 bits per heavy atom. The van der Waals surface area contributed by atoms with E-state index in [9.17, 15) is 9.59 Å². The normalized spacial score (nSPS) is 22.5. The number of nitrogens with one attached hydrogen (secondary N) is 1. The molecule has 1 atom stereocenters. The number of likely N-dealkylation sites (tertiary alicyclic amines) is 1. The fraction of sp³-hybridized carbons (Fsp3) is 0.579. The zero-order valence-electron chi connectivity index (χ0n) is 16.7. The van der Waals surface area contributed by atoms with Crippen LogP contribution in [0.25, 0.3) is 0 Å². The van der Waals surface area contributed by atoms with Crippen LogP contribution in [-0.4, -0.2) is 67.6 Å². The maximum atomic E-state index is 12.7. The van der Waals surface area contributed by atoms with Gasteiger partial charge >= 0.3 is 0 Å². The van der Waals surface area contributed by atoms with E-state index >= 15 is 0 Å². The molecule has 2 aliphatic rings. The first-order chi connectivity index (χ1) is 13.2. The molecule has 4 rings (SSSR count). The lowest BCUT2D eigenvalue weighted by atomic mass is 9.94. The lowest BCUT2D eigenvalue weighted by molar-refractivity contribution is 0.0553. The van der Waals surface area contributed by atoms with Gasteiger partial charge in [0.1, 0.15) is 5.82 Å². The molecule has 0 radical (unpaired) electrons. The van der Waals surface area contributed by atoms with Crippen LogP contribution in [0.5, 0.6) is 0 Å². The molecule has 1 saturated heterocycles. The molecule has 2 aliphatic heterocycles. The van der Waals surface area contributed by atoms with E-state index in [4.69, 9.17) is 4.42 Å². The number of nitrogens with zero attached hydrogens (tertiary/aromatic N) is 5. The van der Waals surface area contributed by atoms with Gasteiger partial charge in [0.15, 0.2) is 5.76 Å². The van der Waals surface area contributed by atoms with Gasteiger partial charge in [0.25, 0.3) is 11.8 Å². The van der Waals surface area contributed by atoms with Gasteiger partial charge in [-0.25, -0.2) is 0 Å². The summed E-state index contributed by atoms with van der Waals surface area (Å²) in [5, 5.41) is 11.3. The monoisotopic (exact) mass is 386 g/mol. The predicted octanol–water partition coefficient (Wildman–Crippen LogP) is 1.13. The number of furan rings is 1. The molecule has 1 fully saturated rings. The molecule has 1 N–H and O–H groups in total. The van der Waals surface area contributed by atoms with Gasteiger partial charge in [-0.2, -0.15) is 0 Å². The van der Waals surface area contributed by atoms with Crippen molar-refractivity contribution in [1.82, 2.24) is 29.9 Å². The van der Waals surface area contributed by atoms with Gasteiger partial charge in [-0.3, -0.25) is 14.5 Å². The summed E-state index contributed by atoms with van der Waals surface area (Å²) in [4.78, 5) is 29.4. The number of fused-ring (bicyclic) bond motifs is 1. The molecular formula is C19H26N6O3. The number of aromatic nitrogens is 3. The summed E-state index contributed by atoms with van der Waals surface area (Å²) in [5.41, 5.74) is -0.610. The second-order valence-electron chi connectivity index (χ2n) is 8.76. The third-order valence-corrected chi connectivity index (χ3v) is 5.51. The third-order valence-electron chi connectivity index (χ3n) is 5.51. The van der Waals surface area contributed by atoms with Crippen LogP contribution in [0.4, 0.5) is 0 Å². The molecule has 1 spiro atoms. The first-order valence-corrected chi connectivity index (χ1v) is 9.47. The van der Waals surface area contributed by atoms with Gasteiger partial charge in [0.2, 0.25) is 5.82 Å². The van der Waals surface area contributed by atoms with E-state index in [-0.39, 0.29) is 22.9 Å². The molecular weight excluding hydrogens is 360 g/mol. The first kappa shape index (κ1) is 18.7. The molecule has 0 aromatic carbocycles. The van der Waals surface area contributed by atoms with Gasteiger partial charge in [-0.05, 0) is 46.4 Å². The minimum Gasteiger partial charge on any atom is -0.459 e. The van der Waals surface area contributed by atoms with E-state index < -0.39 is 0 Å². The Morgan fingerprint density at radius 3 is 2.71 bits per heavy atom. The fourth-order valence-electron chi connectivity index (χ4n) is 4.00. The van der Waals surface area contributed by atoms with Crippen LogP contribution in [0, 0.1) is 0 Å². The van der Waals surface area contributed by atoms with Gasteiger partial charge in [-0.15, -0.1) is 10.2 Å². The number of rotatable bonds is 2. The summed E-state index contributed by atoms with van der Waals surface area (Å²) in [6.07, 6.45) is 2.32. The van der Waals surface area contributed by atoms with E-state index in [1.54, 1.807) is 12.1 Å². The Morgan fingerprint density at radius 2 is 2.04 bits per heavy atom. The minimum atomic E-state index is -0.355. The Hall–Kier alpha value is -2.68. The lowest BCUT2D eigenvalue weighted by Gasteiger charge is -2.42. The van der Waals surface area contributed by atoms with E-state index in [1.807, 2.05) is 37.3 Å². The molecule has 28 heavy (non-hydrogen) atoms. The van der Waals surface area contributed by atoms with Crippen LogP contribution >= 0.6 is 0 Å². The highest BCUT2D eigenvalue weighted by atomic mass is 16.3. The fourth-order valence-corrected chi connectivity index (χ4v) is 4.00. The zero-order chi connectivity index (χ0) is 20.1. The number of likely N-dealkylation sites (N-methyl/N-ethyl adjacent to an activating group) is 1. The molecule has 0 saturated carbocycles. The van der Waals surface area contributed by atoms with E-state index in [0.29, 0.717) is 37.8 Å². The Bertz CT molecular complexity index is 897. The SMILES string of the molecule is CN1Cc2nnc(C(=O)NC(C)(C)C)n2C[C@@]12CCN(C(=O)c1ccco1)C2. The predicted molar refractivity (Wildman–Crippen MR) is 101 cm³/mol. The van der Waals surface area contributed by atoms with Crippen LogP contribution < -0.4 is 5.32 Å². The van der Waals surface area contributed by atoms with Crippen LogP contribution in [-0.2, 0) is 13.1 Å². The summed E-state index contributed by atoms with van der Waals surface area (Å²) in [6.45, 7) is 8.17. The molecule has 0 aliphatic carbocycles.